The molecule has 32 heavy (non-hydrogen) atoms. The Bertz CT molecular complexity index is 1610. The van der Waals surface area contributed by atoms with Crippen molar-refractivity contribution in [2.75, 3.05) is 5.75 Å². The molecule has 0 atom stereocenters. The lowest BCUT2D eigenvalue weighted by atomic mass is 10.1. The minimum Gasteiger partial charge on any atom is -0.440 e. The van der Waals surface area contributed by atoms with E-state index in [1.807, 2.05) is 0 Å². The first kappa shape index (κ1) is 20.7. The standard InChI is InChI=1S/C20H12Cl2N4O5S/c1-10-5-11(21)6-13-17(10)24-19(31-20(13)27)15-7-16(30-12-8-32(28,29)9-12)25-26(15)18-14(22)3-2-4-23-18/h2-8H,9H2,1H3. The van der Waals surface area contributed by atoms with Crippen LogP contribution in [0.1, 0.15) is 5.56 Å². The number of benzene rings is 1. The van der Waals surface area contributed by atoms with Crippen molar-refractivity contribution in [2.24, 2.45) is 0 Å². The molecule has 5 rings (SSSR count). The van der Waals surface area contributed by atoms with Crippen molar-refractivity contribution in [1.29, 1.82) is 0 Å². The van der Waals surface area contributed by atoms with Crippen LogP contribution in [0.15, 0.2) is 56.9 Å². The van der Waals surface area contributed by atoms with E-state index in [0.717, 1.165) is 5.41 Å². The topological polar surface area (TPSA) is 117 Å². The van der Waals surface area contributed by atoms with Crippen LogP contribution in [0.4, 0.5) is 0 Å². The molecule has 4 aromatic rings. The predicted octanol–water partition coefficient (Wildman–Crippen LogP) is 3.70. The highest BCUT2D eigenvalue weighted by atomic mass is 35.5. The van der Waals surface area contributed by atoms with Crippen molar-refractivity contribution in [3.05, 3.63) is 73.7 Å². The minimum absolute atomic E-state index is 0.0489. The van der Waals surface area contributed by atoms with E-state index in [4.69, 9.17) is 32.4 Å². The van der Waals surface area contributed by atoms with E-state index in [2.05, 4.69) is 15.1 Å². The number of aromatic nitrogens is 4. The minimum atomic E-state index is -3.24. The largest absolute Gasteiger partial charge is 0.440 e. The Labute approximate surface area is 190 Å². The summed E-state index contributed by atoms with van der Waals surface area (Å²) in [6, 6.07) is 7.90. The van der Waals surface area contributed by atoms with Crippen molar-refractivity contribution in [3.8, 4) is 23.3 Å². The molecule has 0 aliphatic carbocycles. The van der Waals surface area contributed by atoms with Gasteiger partial charge >= 0.3 is 5.63 Å². The Hall–Kier alpha value is -3.21. The fourth-order valence-corrected chi connectivity index (χ4v) is 4.57. The average molecular weight is 491 g/mol. The monoisotopic (exact) mass is 490 g/mol. The normalized spacial score (nSPS) is 14.8. The van der Waals surface area contributed by atoms with Crippen molar-refractivity contribution >= 4 is 43.9 Å². The summed E-state index contributed by atoms with van der Waals surface area (Å²) in [6.45, 7) is 1.77. The first-order valence-electron chi connectivity index (χ1n) is 9.14. The Kier molecular flexibility index (Phi) is 4.81. The molecule has 1 aromatic carbocycles. The van der Waals surface area contributed by atoms with Crippen LogP contribution in [0, 0.1) is 6.92 Å². The van der Waals surface area contributed by atoms with Gasteiger partial charge in [0.1, 0.15) is 17.2 Å². The molecule has 0 radical (unpaired) electrons. The van der Waals surface area contributed by atoms with Crippen LogP contribution >= 0.6 is 23.2 Å². The summed E-state index contributed by atoms with van der Waals surface area (Å²) in [5.41, 5.74) is 0.697. The average Bonchev–Trinajstić information content (AvgIpc) is 3.11. The summed E-state index contributed by atoms with van der Waals surface area (Å²) in [4.78, 5) is 21.4. The highest BCUT2D eigenvalue weighted by molar-refractivity contribution is 7.95. The highest BCUT2D eigenvalue weighted by Gasteiger charge is 2.27. The molecular formula is C20H12Cl2N4O5S. The fourth-order valence-electron chi connectivity index (χ4n) is 3.24. The second kappa shape index (κ2) is 7.44. The number of hydrogen-bond donors (Lipinski definition) is 0. The van der Waals surface area contributed by atoms with E-state index in [0.29, 0.717) is 16.1 Å². The number of hydrogen-bond acceptors (Lipinski definition) is 8. The Balaban J connectivity index is 1.71. The van der Waals surface area contributed by atoms with Gasteiger partial charge in [0.25, 0.3) is 0 Å². The van der Waals surface area contributed by atoms with Crippen LogP contribution in [0.2, 0.25) is 10.0 Å². The number of sulfone groups is 1. The van der Waals surface area contributed by atoms with E-state index in [9.17, 15) is 13.2 Å². The number of nitrogens with zero attached hydrogens (tertiary/aromatic N) is 4. The molecule has 162 valence electrons. The molecule has 1 aliphatic heterocycles. The van der Waals surface area contributed by atoms with Crippen LogP contribution in [0.3, 0.4) is 0 Å². The van der Waals surface area contributed by atoms with E-state index in [-0.39, 0.29) is 45.2 Å². The second-order valence-electron chi connectivity index (χ2n) is 7.01. The Morgan fingerprint density at radius 1 is 1.22 bits per heavy atom. The first-order valence-corrected chi connectivity index (χ1v) is 11.6. The molecule has 0 fully saturated rings. The summed E-state index contributed by atoms with van der Waals surface area (Å²) in [5.74, 6) is 0.244. The lowest BCUT2D eigenvalue weighted by Crippen LogP contribution is -2.20. The van der Waals surface area contributed by atoms with Gasteiger partial charge in [-0.3, -0.25) is 0 Å². The summed E-state index contributed by atoms with van der Waals surface area (Å²) < 4.78 is 35.1. The zero-order valence-electron chi connectivity index (χ0n) is 16.2. The zero-order chi connectivity index (χ0) is 22.6. The maximum Gasteiger partial charge on any atom is 0.347 e. The maximum absolute atomic E-state index is 12.7. The lowest BCUT2D eigenvalue weighted by Gasteiger charge is -2.13. The molecule has 9 nitrogen and oxygen atoms in total. The second-order valence-corrected chi connectivity index (χ2v) is 9.70. The summed E-state index contributed by atoms with van der Waals surface area (Å²) in [6.07, 6.45) is 1.52. The molecule has 0 N–H and O–H groups in total. The number of aryl methyl sites for hydroxylation is 1. The molecular weight excluding hydrogens is 479 g/mol. The van der Waals surface area contributed by atoms with Gasteiger partial charge in [0.2, 0.25) is 11.8 Å². The third kappa shape index (κ3) is 3.66. The molecule has 12 heteroatoms. The van der Waals surface area contributed by atoms with Crippen LogP contribution < -0.4 is 10.4 Å². The number of fused-ring (bicyclic) bond motifs is 1. The number of pyridine rings is 1. The van der Waals surface area contributed by atoms with Crippen LogP contribution in [0.5, 0.6) is 5.88 Å². The van der Waals surface area contributed by atoms with Crippen LogP contribution in [-0.4, -0.2) is 33.9 Å². The Morgan fingerprint density at radius 2 is 2.00 bits per heavy atom. The smallest absolute Gasteiger partial charge is 0.347 e. The molecule has 0 amide bonds. The molecule has 0 saturated heterocycles. The van der Waals surface area contributed by atoms with Gasteiger partial charge in [-0.2, -0.15) is 0 Å². The van der Waals surface area contributed by atoms with Crippen LogP contribution in [0.25, 0.3) is 28.3 Å². The van der Waals surface area contributed by atoms with Crippen molar-refractivity contribution in [3.63, 3.8) is 0 Å². The molecule has 4 heterocycles. The van der Waals surface area contributed by atoms with Crippen molar-refractivity contribution in [2.45, 2.75) is 6.92 Å². The molecule has 0 spiro atoms. The lowest BCUT2D eigenvalue weighted by molar-refractivity contribution is 0.401. The summed E-state index contributed by atoms with van der Waals surface area (Å²) in [7, 11) is -3.24. The number of ether oxygens (including phenoxy) is 1. The van der Waals surface area contributed by atoms with Gasteiger partial charge < -0.3 is 9.15 Å². The third-order valence-electron chi connectivity index (χ3n) is 4.62. The van der Waals surface area contributed by atoms with Gasteiger partial charge in [-0.25, -0.2) is 27.9 Å². The van der Waals surface area contributed by atoms with Crippen molar-refractivity contribution in [1.82, 2.24) is 19.7 Å². The molecule has 0 bridgehead atoms. The van der Waals surface area contributed by atoms with Gasteiger partial charge in [0.15, 0.2) is 15.7 Å². The predicted molar refractivity (Wildman–Crippen MR) is 118 cm³/mol. The van der Waals surface area contributed by atoms with Gasteiger partial charge in [0, 0.05) is 17.3 Å². The zero-order valence-corrected chi connectivity index (χ0v) is 18.6. The maximum atomic E-state index is 12.7. The van der Waals surface area contributed by atoms with E-state index < -0.39 is 15.5 Å². The summed E-state index contributed by atoms with van der Waals surface area (Å²) >= 11 is 12.4. The van der Waals surface area contributed by atoms with E-state index in [1.54, 1.807) is 25.1 Å². The van der Waals surface area contributed by atoms with Crippen LogP contribution in [-0.2, 0) is 9.84 Å². The quantitative estimate of drug-likeness (QED) is 0.424. The number of halogens is 2. The Morgan fingerprint density at radius 3 is 2.72 bits per heavy atom. The van der Waals surface area contributed by atoms with Crippen molar-refractivity contribution < 1.29 is 17.6 Å². The highest BCUT2D eigenvalue weighted by Crippen LogP contribution is 2.31. The van der Waals surface area contributed by atoms with E-state index in [1.165, 1.54) is 23.0 Å². The molecule has 3 aromatic heterocycles. The third-order valence-corrected chi connectivity index (χ3v) is 6.45. The van der Waals surface area contributed by atoms with Gasteiger partial charge in [0.05, 0.1) is 21.3 Å². The van der Waals surface area contributed by atoms with E-state index >= 15 is 0 Å². The summed E-state index contributed by atoms with van der Waals surface area (Å²) in [5, 5.41) is 6.24. The molecule has 0 unspecified atom stereocenters. The van der Waals surface area contributed by atoms with Gasteiger partial charge in [-0.1, -0.05) is 23.2 Å². The molecule has 1 aliphatic rings. The first-order chi connectivity index (χ1) is 15.2. The SMILES string of the molecule is Cc1cc(Cl)cc2c(=O)oc(-c3cc(OC4=CS(=O)(=O)C4)nn3-c3ncccc3Cl)nc12. The molecule has 0 saturated carbocycles. The fraction of sp³-hybridized carbons (Fsp3) is 0.100. The van der Waals surface area contributed by atoms with Gasteiger partial charge in [-0.05, 0) is 36.8 Å². The number of rotatable bonds is 4. The van der Waals surface area contributed by atoms with Gasteiger partial charge in [-0.15, -0.1) is 5.10 Å².